The predicted molar refractivity (Wildman–Crippen MR) is 75.0 cm³/mol. The third kappa shape index (κ3) is 2.80. The number of nitrogens with zero attached hydrogens (tertiary/aromatic N) is 2. The molecular formula is C10H12N4O4S2. The highest BCUT2D eigenvalue weighted by Gasteiger charge is 2.29. The molecule has 2 rings (SSSR count). The van der Waals surface area contributed by atoms with Gasteiger partial charge in [0.1, 0.15) is 17.0 Å². The first kappa shape index (κ1) is 14.5. The maximum atomic E-state index is 12.2. The number of ether oxygens (including phenoxy) is 1. The van der Waals surface area contributed by atoms with Gasteiger partial charge in [-0.2, -0.15) is 0 Å². The number of carbonyl (C=O) groups is 1. The van der Waals surface area contributed by atoms with Gasteiger partial charge in [-0.3, -0.25) is 5.43 Å². The Morgan fingerprint density at radius 2 is 2.20 bits per heavy atom. The average molecular weight is 316 g/mol. The standard InChI is InChI=1S/C10H12N4O4S2/c1-18-7-4-2-3-5-8(7)20(16,17)13-9(15)14-10(19)11-6-12-14/h2-6,10,19H,1H3,(H,11,12)(H,13,15). The molecule has 0 aromatic heterocycles. The number of benzene rings is 1. The summed E-state index contributed by atoms with van der Waals surface area (Å²) in [6, 6.07) is 5.07. The van der Waals surface area contributed by atoms with Crippen LogP contribution in [0.15, 0.2) is 34.2 Å². The molecule has 0 aliphatic carbocycles. The van der Waals surface area contributed by atoms with Crippen LogP contribution in [0.5, 0.6) is 5.75 Å². The minimum absolute atomic E-state index is 0.133. The summed E-state index contributed by atoms with van der Waals surface area (Å²) in [4.78, 5) is 15.5. The van der Waals surface area contributed by atoms with Crippen LogP contribution in [0.3, 0.4) is 0 Å². The van der Waals surface area contributed by atoms with Gasteiger partial charge in [-0.25, -0.2) is 27.9 Å². The van der Waals surface area contributed by atoms with Crippen LogP contribution >= 0.6 is 12.6 Å². The first-order chi connectivity index (χ1) is 9.45. The van der Waals surface area contributed by atoms with E-state index in [0.717, 1.165) is 5.01 Å². The minimum Gasteiger partial charge on any atom is -0.495 e. The van der Waals surface area contributed by atoms with Gasteiger partial charge in [-0.15, -0.1) is 12.6 Å². The first-order valence-electron chi connectivity index (χ1n) is 5.40. The second-order valence-corrected chi connectivity index (χ2v) is 5.80. The largest absolute Gasteiger partial charge is 0.495 e. The quantitative estimate of drug-likeness (QED) is 0.690. The topological polar surface area (TPSA) is 100 Å². The van der Waals surface area contributed by atoms with E-state index in [9.17, 15) is 13.2 Å². The monoisotopic (exact) mass is 316 g/mol. The number of nitrogens with one attached hydrogen (secondary N) is 2. The molecule has 1 heterocycles. The Kier molecular flexibility index (Phi) is 4.04. The highest BCUT2D eigenvalue weighted by molar-refractivity contribution is 7.90. The highest BCUT2D eigenvalue weighted by atomic mass is 32.2. The van der Waals surface area contributed by atoms with Crippen molar-refractivity contribution in [2.75, 3.05) is 7.11 Å². The van der Waals surface area contributed by atoms with E-state index in [2.05, 4.69) is 23.0 Å². The molecule has 0 radical (unpaired) electrons. The van der Waals surface area contributed by atoms with Gasteiger partial charge in [-0.1, -0.05) is 12.1 Å². The number of aliphatic imine (C=N–C) groups is 1. The van der Waals surface area contributed by atoms with Gasteiger partial charge >= 0.3 is 6.03 Å². The first-order valence-corrected chi connectivity index (χ1v) is 7.40. The molecule has 0 bridgehead atoms. The van der Waals surface area contributed by atoms with E-state index in [1.165, 1.54) is 31.6 Å². The van der Waals surface area contributed by atoms with E-state index in [1.54, 1.807) is 6.07 Å². The fourth-order valence-electron chi connectivity index (χ4n) is 1.52. The highest BCUT2D eigenvalue weighted by Crippen LogP contribution is 2.22. The van der Waals surface area contributed by atoms with Crippen LogP contribution in [0.2, 0.25) is 0 Å². The summed E-state index contributed by atoms with van der Waals surface area (Å²) in [6.45, 7) is 0. The van der Waals surface area contributed by atoms with Crippen LogP contribution in [0.4, 0.5) is 4.79 Å². The number of hydrazine groups is 1. The summed E-state index contributed by atoms with van der Waals surface area (Å²) in [5.74, 6) is 0.140. The van der Waals surface area contributed by atoms with Crippen molar-refractivity contribution in [3.63, 3.8) is 0 Å². The lowest BCUT2D eigenvalue weighted by molar-refractivity contribution is 0.196. The second-order valence-electron chi connectivity index (χ2n) is 3.69. The van der Waals surface area contributed by atoms with Crippen LogP contribution in [0.25, 0.3) is 0 Å². The van der Waals surface area contributed by atoms with Gasteiger partial charge in [0, 0.05) is 0 Å². The predicted octanol–water partition coefficient (Wildman–Crippen LogP) is 0.155. The van der Waals surface area contributed by atoms with Crippen LogP contribution in [-0.2, 0) is 10.0 Å². The fraction of sp³-hybridized carbons (Fsp3) is 0.200. The number of methoxy groups -OCH3 is 1. The number of sulfonamides is 1. The molecule has 1 unspecified atom stereocenters. The lowest BCUT2D eigenvalue weighted by Crippen LogP contribution is -2.49. The Labute approximate surface area is 121 Å². The summed E-state index contributed by atoms with van der Waals surface area (Å²) in [5, 5.41) is 0.927. The number of carbonyl (C=O) groups excluding carboxylic acids is 1. The number of rotatable bonds is 3. The van der Waals surface area contributed by atoms with Crippen molar-refractivity contribution < 1.29 is 17.9 Å². The summed E-state index contributed by atoms with van der Waals surface area (Å²) in [6.07, 6.45) is 1.24. The molecule has 108 valence electrons. The molecule has 1 aliphatic rings. The molecule has 0 saturated carbocycles. The molecule has 8 nitrogen and oxygen atoms in total. The molecule has 1 aliphatic heterocycles. The zero-order valence-electron chi connectivity index (χ0n) is 10.3. The Morgan fingerprint density at radius 3 is 2.80 bits per heavy atom. The molecule has 10 heteroatoms. The number of para-hydroxylation sites is 1. The number of urea groups is 1. The molecule has 1 aromatic carbocycles. The SMILES string of the molecule is COc1ccccc1S(=O)(=O)NC(=O)N1NC=NC1S. The van der Waals surface area contributed by atoms with Crippen molar-refractivity contribution in [2.45, 2.75) is 10.4 Å². The van der Waals surface area contributed by atoms with E-state index in [4.69, 9.17) is 4.74 Å². The van der Waals surface area contributed by atoms with Crippen LogP contribution in [0.1, 0.15) is 0 Å². The summed E-state index contributed by atoms with van der Waals surface area (Å²) < 4.78 is 31.2. The van der Waals surface area contributed by atoms with E-state index in [1.807, 2.05) is 4.72 Å². The zero-order valence-corrected chi connectivity index (χ0v) is 12.1. The summed E-state index contributed by atoms with van der Waals surface area (Å²) >= 11 is 3.99. The number of amides is 2. The minimum atomic E-state index is -4.06. The van der Waals surface area contributed by atoms with Crippen molar-refractivity contribution >= 4 is 35.0 Å². The Hall–Kier alpha value is -1.94. The van der Waals surface area contributed by atoms with Crippen LogP contribution in [-0.4, -0.2) is 38.4 Å². The van der Waals surface area contributed by atoms with Crippen molar-refractivity contribution in [3.05, 3.63) is 24.3 Å². The fourth-order valence-corrected chi connectivity index (χ4v) is 2.87. The zero-order chi connectivity index (χ0) is 14.8. The Balaban J connectivity index is 2.21. The number of hydrogen-bond acceptors (Lipinski definition) is 7. The Bertz CT molecular complexity index is 646. The lowest BCUT2D eigenvalue weighted by atomic mass is 10.3. The normalized spacial score (nSPS) is 17.7. The maximum Gasteiger partial charge on any atom is 0.352 e. The van der Waals surface area contributed by atoms with Gasteiger partial charge in [0.2, 0.25) is 0 Å². The van der Waals surface area contributed by atoms with Crippen LogP contribution in [0, 0.1) is 0 Å². The summed E-state index contributed by atoms with van der Waals surface area (Å²) in [7, 11) is -2.72. The smallest absolute Gasteiger partial charge is 0.352 e. The molecule has 2 amide bonds. The van der Waals surface area contributed by atoms with Gasteiger partial charge in [0.15, 0.2) is 5.50 Å². The number of thiol groups is 1. The number of hydrogen-bond donors (Lipinski definition) is 3. The van der Waals surface area contributed by atoms with Crippen molar-refractivity contribution in [1.82, 2.24) is 15.2 Å². The molecule has 0 fully saturated rings. The molecule has 0 spiro atoms. The molecular weight excluding hydrogens is 304 g/mol. The van der Waals surface area contributed by atoms with Gasteiger partial charge in [0.25, 0.3) is 10.0 Å². The third-order valence-electron chi connectivity index (χ3n) is 2.43. The van der Waals surface area contributed by atoms with Crippen molar-refractivity contribution in [1.29, 1.82) is 0 Å². The van der Waals surface area contributed by atoms with E-state index in [0.29, 0.717) is 0 Å². The maximum absolute atomic E-state index is 12.2. The van der Waals surface area contributed by atoms with Gasteiger partial charge in [-0.05, 0) is 12.1 Å². The molecule has 20 heavy (non-hydrogen) atoms. The van der Waals surface area contributed by atoms with Crippen LogP contribution < -0.4 is 14.9 Å². The molecule has 0 saturated heterocycles. The summed E-state index contributed by atoms with van der Waals surface area (Å²) in [5.41, 5.74) is 1.68. The van der Waals surface area contributed by atoms with Gasteiger partial charge in [0.05, 0.1) is 7.11 Å². The second kappa shape index (κ2) is 5.59. The lowest BCUT2D eigenvalue weighted by Gasteiger charge is -2.19. The molecule has 2 N–H and O–H groups in total. The Morgan fingerprint density at radius 1 is 1.50 bits per heavy atom. The van der Waals surface area contributed by atoms with E-state index in [-0.39, 0.29) is 10.6 Å². The van der Waals surface area contributed by atoms with Crippen molar-refractivity contribution in [3.8, 4) is 5.75 Å². The average Bonchev–Trinajstić information content (AvgIpc) is 2.84. The van der Waals surface area contributed by atoms with E-state index < -0.39 is 21.6 Å². The van der Waals surface area contributed by atoms with Gasteiger partial charge < -0.3 is 4.74 Å². The van der Waals surface area contributed by atoms with E-state index >= 15 is 0 Å². The molecule has 1 atom stereocenters. The third-order valence-corrected chi connectivity index (χ3v) is 4.16. The molecule has 1 aromatic rings. The van der Waals surface area contributed by atoms with Crippen molar-refractivity contribution in [2.24, 2.45) is 4.99 Å².